The molecule has 0 aromatic heterocycles. The number of amides is 2. The quantitative estimate of drug-likeness (QED) is 0.560. The van der Waals surface area contributed by atoms with E-state index in [1.165, 1.54) is 0 Å². The molecule has 2 aromatic carbocycles. The predicted molar refractivity (Wildman–Crippen MR) is 104 cm³/mol. The lowest BCUT2D eigenvalue weighted by molar-refractivity contribution is -0.145. The van der Waals surface area contributed by atoms with E-state index in [4.69, 9.17) is 4.79 Å². The largest absolute Gasteiger partial charge is 0.508 e. The molecule has 7 heteroatoms. The van der Waals surface area contributed by atoms with Crippen molar-refractivity contribution < 1.29 is 24.6 Å². The Labute approximate surface area is 163 Å². The van der Waals surface area contributed by atoms with Crippen molar-refractivity contribution in [1.82, 2.24) is 5.32 Å². The normalized spacial score (nSPS) is 13.6. The summed E-state index contributed by atoms with van der Waals surface area (Å²) in [7, 11) is 0. The first-order chi connectivity index (χ1) is 13.4. The molecule has 0 saturated heterocycles. The molecule has 0 spiro atoms. The fourth-order valence-electron chi connectivity index (χ4n) is 3.52. The van der Waals surface area contributed by atoms with Gasteiger partial charge in [0.05, 0.1) is 11.8 Å². The summed E-state index contributed by atoms with van der Waals surface area (Å²) in [6.07, 6.45) is 1.62. The molecule has 0 heterocycles. The molecule has 28 heavy (non-hydrogen) atoms. The summed E-state index contributed by atoms with van der Waals surface area (Å²) in [5, 5.41) is 21.5. The lowest BCUT2D eigenvalue weighted by Gasteiger charge is -2.26. The summed E-state index contributed by atoms with van der Waals surface area (Å²) < 4.78 is 0. The van der Waals surface area contributed by atoms with E-state index in [0.717, 1.165) is 16.7 Å². The highest BCUT2D eigenvalue weighted by Crippen LogP contribution is 2.40. The molecule has 0 aliphatic heterocycles. The molecule has 148 valence electrons. The minimum absolute atomic E-state index is 0.174. The number of phenolic OH excluding ortho intramolecular Hbond substituents is 1. The number of hydrogen-bond donors (Lipinski definition) is 4. The number of rotatable bonds is 6. The number of aromatic hydroxyl groups is 1. The van der Waals surface area contributed by atoms with Gasteiger partial charge in [-0.15, -0.1) is 0 Å². The van der Waals surface area contributed by atoms with E-state index in [1.807, 2.05) is 24.3 Å². The van der Waals surface area contributed by atoms with Crippen LogP contribution in [0.4, 0.5) is 0 Å². The van der Waals surface area contributed by atoms with Gasteiger partial charge in [0, 0.05) is 6.54 Å². The standard InChI is InChI=1S/C20H21NO4.CH3NO/c22-17-7-5-14(6-8-17)9-10-21-19(25)20(13-18(23)24)11-15-3-1-2-4-16(15)12-20;2-1-3/h1-8,22H,9-13H2,(H,21,25)(H,23,24);1H,(H2,2,3). The zero-order valence-corrected chi connectivity index (χ0v) is 15.4. The van der Waals surface area contributed by atoms with E-state index in [1.54, 1.807) is 24.3 Å². The van der Waals surface area contributed by atoms with E-state index in [0.29, 0.717) is 25.8 Å². The second-order valence-electron chi connectivity index (χ2n) is 6.78. The SMILES string of the molecule is NC=O.O=C(O)CC1(C(=O)NCCc2ccc(O)cc2)Cc2ccccc2C1. The third-order valence-corrected chi connectivity index (χ3v) is 4.78. The summed E-state index contributed by atoms with van der Waals surface area (Å²) in [5.74, 6) is -0.955. The number of primary amides is 1. The molecule has 3 rings (SSSR count). The number of carbonyl (C=O) groups is 3. The zero-order chi connectivity index (χ0) is 20.6. The van der Waals surface area contributed by atoms with Crippen molar-refractivity contribution in [3.8, 4) is 5.75 Å². The van der Waals surface area contributed by atoms with Crippen molar-refractivity contribution in [2.45, 2.75) is 25.7 Å². The molecule has 2 aromatic rings. The van der Waals surface area contributed by atoms with E-state index in [9.17, 15) is 19.8 Å². The van der Waals surface area contributed by atoms with Crippen LogP contribution >= 0.6 is 0 Å². The van der Waals surface area contributed by atoms with Gasteiger partial charge in [-0.2, -0.15) is 0 Å². The summed E-state index contributed by atoms with van der Waals surface area (Å²) >= 11 is 0. The molecule has 5 N–H and O–H groups in total. The fourth-order valence-corrected chi connectivity index (χ4v) is 3.52. The molecule has 7 nitrogen and oxygen atoms in total. The molecule has 0 radical (unpaired) electrons. The maximum atomic E-state index is 12.8. The van der Waals surface area contributed by atoms with Gasteiger partial charge < -0.3 is 21.3 Å². The average molecular weight is 384 g/mol. The molecule has 0 unspecified atom stereocenters. The van der Waals surface area contributed by atoms with Crippen LogP contribution in [0.2, 0.25) is 0 Å². The monoisotopic (exact) mass is 384 g/mol. The zero-order valence-electron chi connectivity index (χ0n) is 15.4. The number of aliphatic carboxylic acids is 1. The first kappa shape index (κ1) is 21.0. The molecule has 1 aliphatic rings. The Kier molecular flexibility index (Phi) is 7.14. The molecular formula is C21H24N2O5. The molecule has 0 fully saturated rings. The van der Waals surface area contributed by atoms with E-state index in [-0.39, 0.29) is 24.5 Å². The van der Waals surface area contributed by atoms with Crippen LogP contribution in [-0.4, -0.2) is 35.0 Å². The van der Waals surface area contributed by atoms with E-state index in [2.05, 4.69) is 11.1 Å². The van der Waals surface area contributed by atoms with Crippen LogP contribution in [0.5, 0.6) is 5.75 Å². The van der Waals surface area contributed by atoms with Crippen LogP contribution in [-0.2, 0) is 33.6 Å². The van der Waals surface area contributed by atoms with E-state index < -0.39 is 11.4 Å². The molecule has 0 bridgehead atoms. The van der Waals surface area contributed by atoms with Crippen LogP contribution in [0.15, 0.2) is 48.5 Å². The van der Waals surface area contributed by atoms with Crippen molar-refractivity contribution >= 4 is 18.3 Å². The summed E-state index contributed by atoms with van der Waals surface area (Å²) in [6.45, 7) is 0.432. The summed E-state index contributed by atoms with van der Waals surface area (Å²) in [4.78, 5) is 32.7. The Morgan fingerprint density at radius 2 is 1.61 bits per heavy atom. The van der Waals surface area contributed by atoms with Gasteiger partial charge in [0.15, 0.2) is 0 Å². The molecular weight excluding hydrogens is 360 g/mol. The number of nitrogens with one attached hydrogen (secondary N) is 1. The van der Waals surface area contributed by atoms with Gasteiger partial charge in [-0.1, -0.05) is 36.4 Å². The van der Waals surface area contributed by atoms with Crippen molar-refractivity contribution in [3.63, 3.8) is 0 Å². The second kappa shape index (κ2) is 9.55. The minimum Gasteiger partial charge on any atom is -0.508 e. The predicted octanol–water partition coefficient (Wildman–Crippen LogP) is 1.41. The van der Waals surface area contributed by atoms with Crippen LogP contribution in [0.1, 0.15) is 23.1 Å². The Morgan fingerprint density at radius 1 is 1.07 bits per heavy atom. The van der Waals surface area contributed by atoms with Crippen LogP contribution in [0.25, 0.3) is 0 Å². The average Bonchev–Trinajstić information content (AvgIpc) is 3.02. The number of carbonyl (C=O) groups excluding carboxylic acids is 2. The van der Waals surface area contributed by atoms with Crippen molar-refractivity contribution in [2.75, 3.05) is 6.54 Å². The Bertz CT molecular complexity index is 808. The molecule has 0 saturated carbocycles. The maximum absolute atomic E-state index is 12.8. The highest BCUT2D eigenvalue weighted by atomic mass is 16.4. The van der Waals surface area contributed by atoms with Crippen LogP contribution in [0, 0.1) is 5.41 Å². The number of hydrogen-bond acceptors (Lipinski definition) is 4. The number of carboxylic acid groups (broad SMARTS) is 1. The molecule has 2 amide bonds. The van der Waals surface area contributed by atoms with Crippen molar-refractivity contribution in [1.29, 1.82) is 0 Å². The van der Waals surface area contributed by atoms with Crippen LogP contribution in [0.3, 0.4) is 0 Å². The van der Waals surface area contributed by atoms with Gasteiger partial charge in [-0.05, 0) is 48.1 Å². The number of phenols is 1. The Morgan fingerprint density at radius 3 is 2.11 bits per heavy atom. The van der Waals surface area contributed by atoms with Gasteiger partial charge in [-0.25, -0.2) is 0 Å². The number of fused-ring (bicyclic) bond motifs is 1. The Hall–Kier alpha value is -3.35. The third-order valence-electron chi connectivity index (χ3n) is 4.78. The third kappa shape index (κ3) is 5.33. The topological polar surface area (TPSA) is 130 Å². The fraction of sp³-hybridized carbons (Fsp3) is 0.286. The highest BCUT2D eigenvalue weighted by molar-refractivity contribution is 5.88. The number of nitrogens with two attached hydrogens (primary N) is 1. The van der Waals surface area contributed by atoms with Gasteiger partial charge in [0.1, 0.15) is 5.75 Å². The second-order valence-corrected chi connectivity index (χ2v) is 6.78. The first-order valence-corrected chi connectivity index (χ1v) is 8.90. The smallest absolute Gasteiger partial charge is 0.304 e. The maximum Gasteiger partial charge on any atom is 0.304 e. The van der Waals surface area contributed by atoms with Crippen LogP contribution < -0.4 is 11.1 Å². The summed E-state index contributed by atoms with van der Waals surface area (Å²) in [6, 6.07) is 14.6. The van der Waals surface area contributed by atoms with Gasteiger partial charge in [-0.3, -0.25) is 14.4 Å². The van der Waals surface area contributed by atoms with Gasteiger partial charge in [0.2, 0.25) is 12.3 Å². The highest BCUT2D eigenvalue weighted by Gasteiger charge is 2.45. The molecule has 1 aliphatic carbocycles. The molecule has 0 atom stereocenters. The summed E-state index contributed by atoms with van der Waals surface area (Å²) in [5.41, 5.74) is 6.36. The van der Waals surface area contributed by atoms with Gasteiger partial charge >= 0.3 is 5.97 Å². The lowest BCUT2D eigenvalue weighted by Crippen LogP contribution is -2.44. The van der Waals surface area contributed by atoms with Gasteiger partial charge in [0.25, 0.3) is 0 Å². The van der Waals surface area contributed by atoms with E-state index >= 15 is 0 Å². The Balaban J connectivity index is 0.000000878. The van der Waals surface area contributed by atoms with Crippen molar-refractivity contribution in [2.24, 2.45) is 11.1 Å². The lowest BCUT2D eigenvalue weighted by atomic mass is 9.80. The first-order valence-electron chi connectivity index (χ1n) is 8.90. The number of benzene rings is 2. The van der Waals surface area contributed by atoms with Crippen molar-refractivity contribution in [3.05, 3.63) is 65.2 Å². The number of carboxylic acids is 1. The minimum atomic E-state index is -0.957.